The largest absolute Gasteiger partial charge is 0.450 e. The predicted octanol–water partition coefficient (Wildman–Crippen LogP) is 1.56. The highest BCUT2D eigenvalue weighted by Gasteiger charge is 2.42. The van der Waals surface area contributed by atoms with Crippen LogP contribution in [0.15, 0.2) is 24.3 Å². The van der Waals surface area contributed by atoms with E-state index in [9.17, 15) is 9.90 Å². The van der Waals surface area contributed by atoms with Gasteiger partial charge in [-0.2, -0.15) is 0 Å². The minimum absolute atomic E-state index is 0.327. The van der Waals surface area contributed by atoms with E-state index < -0.39 is 11.7 Å². The van der Waals surface area contributed by atoms with Crippen molar-refractivity contribution in [1.82, 2.24) is 5.32 Å². The minimum atomic E-state index is -1.04. The maximum atomic E-state index is 11.4. The fourth-order valence-corrected chi connectivity index (χ4v) is 2.31. The van der Waals surface area contributed by atoms with Gasteiger partial charge in [0.05, 0.1) is 12.6 Å². The molecule has 0 radical (unpaired) electrons. The first kappa shape index (κ1) is 11.9. The highest BCUT2D eigenvalue weighted by atomic mass is 16.5. The number of rotatable bonds is 2. The summed E-state index contributed by atoms with van der Waals surface area (Å²) in [5, 5.41) is 13.2. The molecule has 0 unspecified atom stereocenters. The van der Waals surface area contributed by atoms with Gasteiger partial charge in [-0.05, 0) is 31.4 Å². The number of ether oxygens (including phenoxy) is 1. The van der Waals surface area contributed by atoms with Crippen LogP contribution < -0.4 is 5.32 Å². The Morgan fingerprint density at radius 2 is 2.29 bits per heavy atom. The Hall–Kier alpha value is -1.55. The molecule has 92 valence electrons. The van der Waals surface area contributed by atoms with Crippen LogP contribution in [0.5, 0.6) is 0 Å². The van der Waals surface area contributed by atoms with Crippen LogP contribution in [0.1, 0.15) is 25.0 Å². The zero-order valence-corrected chi connectivity index (χ0v) is 10.1. The van der Waals surface area contributed by atoms with Gasteiger partial charge in [0.15, 0.2) is 0 Å². The van der Waals surface area contributed by atoms with Crippen LogP contribution in [-0.4, -0.2) is 23.8 Å². The number of alkyl carbamates (subject to hydrolysis) is 1. The van der Waals surface area contributed by atoms with E-state index in [0.717, 1.165) is 11.1 Å². The Balaban J connectivity index is 2.16. The average molecular weight is 235 g/mol. The summed E-state index contributed by atoms with van der Waals surface area (Å²) < 4.78 is 4.83. The third-order valence-electron chi connectivity index (χ3n) is 3.23. The van der Waals surface area contributed by atoms with Crippen molar-refractivity contribution in [2.24, 2.45) is 0 Å². The molecule has 0 spiro atoms. The molecule has 1 amide bonds. The molecule has 1 aromatic rings. The molecule has 2 N–H and O–H groups in total. The van der Waals surface area contributed by atoms with Crippen molar-refractivity contribution < 1.29 is 14.6 Å². The zero-order valence-electron chi connectivity index (χ0n) is 10.1. The molecule has 4 heteroatoms. The van der Waals surface area contributed by atoms with Crippen LogP contribution in [0.25, 0.3) is 0 Å². The zero-order chi connectivity index (χ0) is 12.5. The Kier molecular flexibility index (Phi) is 3.07. The van der Waals surface area contributed by atoms with Crippen molar-refractivity contribution in [1.29, 1.82) is 0 Å². The van der Waals surface area contributed by atoms with Crippen LogP contribution >= 0.6 is 0 Å². The summed E-state index contributed by atoms with van der Waals surface area (Å²) in [5.74, 6) is 0. The van der Waals surface area contributed by atoms with Crippen molar-refractivity contribution in [3.63, 3.8) is 0 Å². The summed E-state index contributed by atoms with van der Waals surface area (Å²) in [4.78, 5) is 11.4. The average Bonchev–Trinajstić information content (AvgIpc) is 2.52. The van der Waals surface area contributed by atoms with Gasteiger partial charge in [0.2, 0.25) is 0 Å². The molecule has 0 heterocycles. The number of hydrogen-bond acceptors (Lipinski definition) is 3. The summed E-state index contributed by atoms with van der Waals surface area (Å²) in [6.45, 7) is 3.80. The monoisotopic (exact) mass is 235 g/mol. The van der Waals surface area contributed by atoms with Crippen molar-refractivity contribution >= 4 is 6.09 Å². The molecule has 0 saturated carbocycles. The normalized spacial score (nSPS) is 26.4. The van der Waals surface area contributed by atoms with Crippen LogP contribution in [0, 0.1) is 0 Å². The second-order valence-corrected chi connectivity index (χ2v) is 4.43. The predicted molar refractivity (Wildman–Crippen MR) is 63.7 cm³/mol. The Bertz CT molecular complexity index is 428. The lowest BCUT2D eigenvalue weighted by atomic mass is 9.95. The molecule has 17 heavy (non-hydrogen) atoms. The number of carbonyl (C=O) groups is 1. The molecular formula is C13H17NO3. The molecule has 1 aliphatic rings. The number of aliphatic hydroxyl groups is 1. The lowest BCUT2D eigenvalue weighted by Gasteiger charge is -2.27. The van der Waals surface area contributed by atoms with Gasteiger partial charge in [-0.25, -0.2) is 4.79 Å². The lowest BCUT2D eigenvalue weighted by molar-refractivity contribution is 0.0257. The van der Waals surface area contributed by atoms with E-state index in [4.69, 9.17) is 4.74 Å². The Labute approximate surface area is 101 Å². The number of fused-ring (bicyclic) bond motifs is 1. The molecule has 1 aromatic carbocycles. The highest BCUT2D eigenvalue weighted by Crippen LogP contribution is 2.36. The third-order valence-corrected chi connectivity index (χ3v) is 3.23. The molecule has 0 aliphatic heterocycles. The molecular weight excluding hydrogens is 218 g/mol. The molecule has 0 fully saturated rings. The Morgan fingerprint density at radius 1 is 1.59 bits per heavy atom. The highest BCUT2D eigenvalue weighted by molar-refractivity contribution is 5.68. The first-order valence-corrected chi connectivity index (χ1v) is 5.79. The maximum Gasteiger partial charge on any atom is 0.407 e. The molecule has 0 bridgehead atoms. The first-order chi connectivity index (χ1) is 8.05. The standard InChI is InChI=1S/C13H17NO3/c1-3-17-12(15)14-11-8-9-6-4-5-7-10(9)13(11,2)16/h4-7,11,16H,3,8H2,1-2H3,(H,14,15)/t11-,13-/m0/s1. The van der Waals surface area contributed by atoms with Crippen molar-refractivity contribution in [2.45, 2.75) is 31.9 Å². The number of benzene rings is 1. The van der Waals surface area contributed by atoms with Crippen molar-refractivity contribution in [2.75, 3.05) is 6.61 Å². The smallest absolute Gasteiger partial charge is 0.407 e. The van der Waals surface area contributed by atoms with Gasteiger partial charge in [-0.1, -0.05) is 24.3 Å². The summed E-state index contributed by atoms with van der Waals surface area (Å²) >= 11 is 0. The van der Waals surface area contributed by atoms with E-state index in [1.54, 1.807) is 13.8 Å². The summed E-state index contributed by atoms with van der Waals surface area (Å²) in [7, 11) is 0. The molecule has 0 aromatic heterocycles. The van der Waals surface area contributed by atoms with Gasteiger partial charge in [-0.15, -0.1) is 0 Å². The molecule has 2 atom stereocenters. The van der Waals surface area contributed by atoms with Crippen molar-refractivity contribution in [3.05, 3.63) is 35.4 Å². The minimum Gasteiger partial charge on any atom is -0.450 e. The third kappa shape index (κ3) is 2.13. The molecule has 4 nitrogen and oxygen atoms in total. The second-order valence-electron chi connectivity index (χ2n) is 4.43. The second kappa shape index (κ2) is 4.37. The van der Waals surface area contributed by atoms with Crippen LogP contribution in [0.3, 0.4) is 0 Å². The number of nitrogens with one attached hydrogen (secondary N) is 1. The molecule has 0 saturated heterocycles. The Morgan fingerprint density at radius 3 is 2.94 bits per heavy atom. The summed E-state index contributed by atoms with van der Waals surface area (Å²) in [5.41, 5.74) is 0.907. The van der Waals surface area contributed by atoms with Gasteiger partial charge < -0.3 is 15.2 Å². The van der Waals surface area contributed by atoms with E-state index in [0.29, 0.717) is 13.0 Å². The topological polar surface area (TPSA) is 58.6 Å². The van der Waals surface area contributed by atoms with Gasteiger partial charge in [0.25, 0.3) is 0 Å². The van der Waals surface area contributed by atoms with E-state index in [1.165, 1.54) is 0 Å². The van der Waals surface area contributed by atoms with Crippen molar-refractivity contribution in [3.8, 4) is 0 Å². The van der Waals surface area contributed by atoms with Gasteiger partial charge >= 0.3 is 6.09 Å². The molecule has 2 rings (SSSR count). The number of carbonyl (C=O) groups excluding carboxylic acids is 1. The summed E-state index contributed by atoms with van der Waals surface area (Å²) in [6.07, 6.45) is 0.146. The SMILES string of the molecule is CCOC(=O)N[C@H]1Cc2ccccc2[C@]1(C)O. The van der Waals surface area contributed by atoms with Crippen LogP contribution in [-0.2, 0) is 16.8 Å². The lowest BCUT2D eigenvalue weighted by Crippen LogP contribution is -2.46. The first-order valence-electron chi connectivity index (χ1n) is 5.79. The number of amides is 1. The van der Waals surface area contributed by atoms with Gasteiger partial charge in [-0.3, -0.25) is 0 Å². The quantitative estimate of drug-likeness (QED) is 0.818. The fraction of sp³-hybridized carbons (Fsp3) is 0.462. The van der Waals surface area contributed by atoms with Gasteiger partial charge in [0.1, 0.15) is 5.60 Å². The maximum absolute atomic E-state index is 11.4. The van der Waals surface area contributed by atoms with E-state index in [2.05, 4.69) is 5.32 Å². The molecule has 1 aliphatic carbocycles. The number of hydrogen-bond donors (Lipinski definition) is 2. The summed E-state index contributed by atoms with van der Waals surface area (Å²) in [6, 6.07) is 7.35. The van der Waals surface area contributed by atoms with Crippen LogP contribution in [0.4, 0.5) is 4.79 Å². The van der Waals surface area contributed by atoms with Gasteiger partial charge in [0, 0.05) is 0 Å². The van der Waals surface area contributed by atoms with Crippen LogP contribution in [0.2, 0.25) is 0 Å². The van der Waals surface area contributed by atoms with E-state index in [1.807, 2.05) is 24.3 Å². The fourth-order valence-electron chi connectivity index (χ4n) is 2.31. The van der Waals surface area contributed by atoms with E-state index in [-0.39, 0.29) is 6.04 Å². The van der Waals surface area contributed by atoms with E-state index >= 15 is 0 Å².